The third-order valence-electron chi connectivity index (χ3n) is 1.97. The molecule has 15 heavy (non-hydrogen) atoms. The molecule has 86 valence electrons. The Bertz CT molecular complexity index is 335. The van der Waals surface area contributed by atoms with E-state index < -0.39 is 12.2 Å². The molecule has 0 aliphatic carbocycles. The molecule has 0 bridgehead atoms. The third-order valence-corrected chi connectivity index (χ3v) is 3.54. The minimum Gasteiger partial charge on any atom is -0.303 e. The second-order valence-corrected chi connectivity index (χ2v) is 5.73. The van der Waals surface area contributed by atoms with Gasteiger partial charge >= 0.3 is 6.18 Å². The maximum atomic E-state index is 12.7. The van der Waals surface area contributed by atoms with Crippen molar-refractivity contribution in [3.63, 3.8) is 0 Å². The largest absolute Gasteiger partial charge is 0.407 e. The van der Waals surface area contributed by atoms with E-state index in [9.17, 15) is 13.2 Å². The number of thiophene rings is 1. The lowest BCUT2D eigenvalue weighted by Crippen LogP contribution is -2.34. The molecule has 0 saturated heterocycles. The Hall–Kier alpha value is -0.0700. The zero-order chi connectivity index (χ0) is 11.6. The van der Waals surface area contributed by atoms with Crippen molar-refractivity contribution in [2.75, 3.05) is 6.54 Å². The SMILES string of the molecule is CCNC(c1cc(Br)sc1C)C(F)(F)F. The average Bonchev–Trinajstić information content (AvgIpc) is 2.39. The molecule has 6 heteroatoms. The van der Waals surface area contributed by atoms with Gasteiger partial charge < -0.3 is 5.32 Å². The summed E-state index contributed by atoms with van der Waals surface area (Å²) in [5.74, 6) is 0. The number of hydrogen-bond acceptors (Lipinski definition) is 2. The summed E-state index contributed by atoms with van der Waals surface area (Å²) in [4.78, 5) is 0.685. The Morgan fingerprint density at radius 1 is 1.53 bits per heavy atom. The summed E-state index contributed by atoms with van der Waals surface area (Å²) in [6, 6.07) is -0.0362. The lowest BCUT2D eigenvalue weighted by Gasteiger charge is -2.21. The maximum absolute atomic E-state index is 12.7. The molecule has 1 atom stereocenters. The quantitative estimate of drug-likeness (QED) is 0.889. The smallest absolute Gasteiger partial charge is 0.303 e. The van der Waals surface area contributed by atoms with Crippen LogP contribution in [0.3, 0.4) is 0 Å². The summed E-state index contributed by atoms with van der Waals surface area (Å²) in [6.07, 6.45) is -4.25. The number of alkyl halides is 3. The van der Waals surface area contributed by atoms with Crippen molar-refractivity contribution in [3.8, 4) is 0 Å². The molecule has 0 aliphatic rings. The van der Waals surface area contributed by atoms with Gasteiger partial charge in [-0.2, -0.15) is 13.2 Å². The van der Waals surface area contributed by atoms with Crippen LogP contribution in [-0.2, 0) is 0 Å². The van der Waals surface area contributed by atoms with Crippen LogP contribution < -0.4 is 5.32 Å². The first-order valence-electron chi connectivity index (χ1n) is 4.42. The predicted molar refractivity (Wildman–Crippen MR) is 59.2 cm³/mol. The lowest BCUT2D eigenvalue weighted by molar-refractivity contribution is -0.157. The highest BCUT2D eigenvalue weighted by molar-refractivity contribution is 9.11. The highest BCUT2D eigenvalue weighted by Crippen LogP contribution is 2.38. The predicted octanol–water partition coefficient (Wildman–Crippen LogP) is 4.03. The molecule has 1 unspecified atom stereocenters. The van der Waals surface area contributed by atoms with E-state index in [4.69, 9.17) is 0 Å². The molecule has 1 aromatic rings. The van der Waals surface area contributed by atoms with Crippen molar-refractivity contribution in [1.29, 1.82) is 0 Å². The van der Waals surface area contributed by atoms with Crippen LogP contribution in [0.1, 0.15) is 23.4 Å². The molecule has 0 aromatic carbocycles. The van der Waals surface area contributed by atoms with E-state index in [1.807, 2.05) is 0 Å². The highest BCUT2D eigenvalue weighted by Gasteiger charge is 2.41. The Morgan fingerprint density at radius 3 is 2.47 bits per heavy atom. The van der Waals surface area contributed by atoms with Gasteiger partial charge in [0.2, 0.25) is 0 Å². The second-order valence-electron chi connectivity index (χ2n) is 3.09. The van der Waals surface area contributed by atoms with Crippen molar-refractivity contribution in [1.82, 2.24) is 5.32 Å². The summed E-state index contributed by atoms with van der Waals surface area (Å²) >= 11 is 4.51. The minimum absolute atomic E-state index is 0.289. The van der Waals surface area contributed by atoms with Crippen LogP contribution in [0.25, 0.3) is 0 Å². The van der Waals surface area contributed by atoms with Crippen LogP contribution in [-0.4, -0.2) is 12.7 Å². The van der Waals surface area contributed by atoms with E-state index in [2.05, 4.69) is 21.2 Å². The Morgan fingerprint density at radius 2 is 2.13 bits per heavy atom. The molecule has 1 nitrogen and oxygen atoms in total. The number of hydrogen-bond donors (Lipinski definition) is 1. The second kappa shape index (κ2) is 4.84. The summed E-state index contributed by atoms with van der Waals surface area (Å²) in [6.45, 7) is 3.65. The van der Waals surface area contributed by atoms with Crippen molar-refractivity contribution >= 4 is 27.3 Å². The average molecular weight is 302 g/mol. The highest BCUT2D eigenvalue weighted by atomic mass is 79.9. The zero-order valence-corrected chi connectivity index (χ0v) is 10.7. The van der Waals surface area contributed by atoms with E-state index in [1.165, 1.54) is 17.4 Å². The van der Waals surface area contributed by atoms with Crippen LogP contribution in [0, 0.1) is 6.92 Å². The molecule has 0 radical (unpaired) electrons. The summed E-state index contributed by atoms with van der Waals surface area (Å²) in [5, 5.41) is 2.45. The van der Waals surface area contributed by atoms with Crippen LogP contribution in [0.5, 0.6) is 0 Å². The van der Waals surface area contributed by atoms with Gasteiger partial charge in [-0.05, 0) is 41.0 Å². The van der Waals surface area contributed by atoms with Crippen LogP contribution >= 0.6 is 27.3 Å². The molecule has 1 heterocycles. The number of rotatable bonds is 3. The van der Waals surface area contributed by atoms with Crippen LogP contribution in [0.4, 0.5) is 13.2 Å². The standard InChI is InChI=1S/C9H11BrF3NS/c1-3-14-8(9(11,12)13)6-4-7(10)15-5(6)2/h4,8,14H,3H2,1-2H3. The molecule has 0 fully saturated rings. The normalized spacial score (nSPS) is 14.3. The van der Waals surface area contributed by atoms with E-state index in [1.54, 1.807) is 13.8 Å². The zero-order valence-electron chi connectivity index (χ0n) is 8.28. The summed E-state index contributed by atoms with van der Waals surface area (Å²) < 4.78 is 38.9. The fourth-order valence-corrected chi connectivity index (χ4v) is 3.10. The van der Waals surface area contributed by atoms with Crippen molar-refractivity contribution < 1.29 is 13.2 Å². The maximum Gasteiger partial charge on any atom is 0.407 e. The Labute approximate surface area is 98.8 Å². The summed E-state index contributed by atoms with van der Waals surface area (Å²) in [7, 11) is 0. The molecule has 1 aromatic heterocycles. The first-order chi connectivity index (χ1) is 6.86. The van der Waals surface area contributed by atoms with Gasteiger partial charge in [0.25, 0.3) is 0 Å². The van der Waals surface area contributed by atoms with Gasteiger partial charge in [0.15, 0.2) is 0 Å². The Kier molecular flexibility index (Phi) is 4.20. The fourth-order valence-electron chi connectivity index (χ4n) is 1.35. The molecule has 1 N–H and O–H groups in total. The van der Waals surface area contributed by atoms with Gasteiger partial charge in [-0.1, -0.05) is 6.92 Å². The molecular weight excluding hydrogens is 291 g/mol. The van der Waals surface area contributed by atoms with Gasteiger partial charge in [0.1, 0.15) is 6.04 Å². The van der Waals surface area contributed by atoms with Gasteiger partial charge in [-0.25, -0.2) is 0 Å². The molecular formula is C9H11BrF3NS. The monoisotopic (exact) mass is 301 g/mol. The van der Waals surface area contributed by atoms with E-state index in [-0.39, 0.29) is 6.54 Å². The molecule has 0 aliphatic heterocycles. The minimum atomic E-state index is -4.25. The van der Waals surface area contributed by atoms with E-state index in [0.29, 0.717) is 10.4 Å². The fraction of sp³-hybridized carbons (Fsp3) is 0.556. The van der Waals surface area contributed by atoms with Gasteiger partial charge in [0, 0.05) is 4.88 Å². The first-order valence-corrected chi connectivity index (χ1v) is 6.03. The van der Waals surface area contributed by atoms with Gasteiger partial charge in [0.05, 0.1) is 3.79 Å². The molecule has 1 rings (SSSR count). The van der Waals surface area contributed by atoms with E-state index >= 15 is 0 Å². The first kappa shape index (κ1) is 13.0. The van der Waals surface area contributed by atoms with Crippen molar-refractivity contribution in [2.24, 2.45) is 0 Å². The molecule has 0 saturated carbocycles. The molecule has 0 amide bonds. The van der Waals surface area contributed by atoms with E-state index in [0.717, 1.165) is 3.79 Å². The van der Waals surface area contributed by atoms with Gasteiger partial charge in [-0.15, -0.1) is 11.3 Å². The van der Waals surface area contributed by atoms with Crippen LogP contribution in [0.2, 0.25) is 0 Å². The number of halogens is 4. The summed E-state index contributed by atoms with van der Waals surface area (Å²) in [5.41, 5.74) is 0.307. The van der Waals surface area contributed by atoms with Crippen molar-refractivity contribution in [2.45, 2.75) is 26.1 Å². The third kappa shape index (κ3) is 3.19. The molecule has 0 spiro atoms. The topological polar surface area (TPSA) is 12.0 Å². The Balaban J connectivity index is 3.04. The lowest BCUT2D eigenvalue weighted by atomic mass is 10.1. The number of aryl methyl sites for hydroxylation is 1. The van der Waals surface area contributed by atoms with Crippen LogP contribution in [0.15, 0.2) is 9.85 Å². The van der Waals surface area contributed by atoms with Crippen molar-refractivity contribution in [3.05, 3.63) is 20.3 Å². The number of nitrogens with one attached hydrogen (secondary N) is 1. The van der Waals surface area contributed by atoms with Gasteiger partial charge in [-0.3, -0.25) is 0 Å².